The molecule has 1 rings (SSSR count). The van der Waals surface area contributed by atoms with E-state index in [4.69, 9.17) is 11.6 Å². The lowest BCUT2D eigenvalue weighted by Crippen LogP contribution is -2.30. The van der Waals surface area contributed by atoms with Crippen molar-refractivity contribution in [2.45, 2.75) is 40.2 Å². The standard InChI is InChI=1S/C16H27ClN2/c1-5-13(6-2)12-19(7-3)16-14(11-18-4)9-8-10-15(16)17/h8-10,13,18H,5-7,11-12H2,1-4H3. The van der Waals surface area contributed by atoms with Crippen molar-refractivity contribution in [2.75, 3.05) is 25.0 Å². The van der Waals surface area contributed by atoms with Gasteiger partial charge in [0.1, 0.15) is 0 Å². The van der Waals surface area contributed by atoms with E-state index < -0.39 is 0 Å². The van der Waals surface area contributed by atoms with Gasteiger partial charge in [0.05, 0.1) is 10.7 Å². The summed E-state index contributed by atoms with van der Waals surface area (Å²) in [5.74, 6) is 0.735. The van der Waals surface area contributed by atoms with Crippen molar-refractivity contribution in [3.63, 3.8) is 0 Å². The van der Waals surface area contributed by atoms with Gasteiger partial charge in [-0.15, -0.1) is 0 Å². The molecule has 0 atom stereocenters. The third-order valence-electron chi connectivity index (χ3n) is 3.77. The van der Waals surface area contributed by atoms with E-state index in [0.717, 1.165) is 30.6 Å². The molecule has 108 valence electrons. The molecule has 0 heterocycles. The summed E-state index contributed by atoms with van der Waals surface area (Å²) in [6.07, 6.45) is 2.44. The van der Waals surface area contributed by atoms with E-state index >= 15 is 0 Å². The topological polar surface area (TPSA) is 15.3 Å². The van der Waals surface area contributed by atoms with Gasteiger partial charge in [-0.2, -0.15) is 0 Å². The molecule has 0 bridgehead atoms. The second-order valence-electron chi connectivity index (χ2n) is 5.00. The molecule has 0 saturated carbocycles. The molecule has 2 nitrogen and oxygen atoms in total. The number of nitrogens with one attached hydrogen (secondary N) is 1. The molecular weight excluding hydrogens is 256 g/mol. The zero-order valence-corrected chi connectivity index (χ0v) is 13.4. The molecule has 0 saturated heterocycles. The van der Waals surface area contributed by atoms with Crippen molar-refractivity contribution in [3.05, 3.63) is 28.8 Å². The maximum Gasteiger partial charge on any atom is 0.0642 e. The van der Waals surface area contributed by atoms with Gasteiger partial charge in [-0.1, -0.05) is 50.4 Å². The normalized spacial score (nSPS) is 11.1. The maximum absolute atomic E-state index is 6.44. The highest BCUT2D eigenvalue weighted by Crippen LogP contribution is 2.31. The molecule has 0 aromatic heterocycles. The van der Waals surface area contributed by atoms with Crippen LogP contribution in [0.3, 0.4) is 0 Å². The molecule has 0 aliphatic heterocycles. The van der Waals surface area contributed by atoms with Gasteiger partial charge in [-0.3, -0.25) is 0 Å². The summed E-state index contributed by atoms with van der Waals surface area (Å²) >= 11 is 6.44. The number of hydrogen-bond acceptors (Lipinski definition) is 2. The number of para-hydroxylation sites is 1. The van der Waals surface area contributed by atoms with E-state index in [1.165, 1.54) is 24.1 Å². The Labute approximate surface area is 123 Å². The average molecular weight is 283 g/mol. The van der Waals surface area contributed by atoms with Crippen LogP contribution in [0.1, 0.15) is 39.2 Å². The van der Waals surface area contributed by atoms with Crippen molar-refractivity contribution in [2.24, 2.45) is 5.92 Å². The third kappa shape index (κ3) is 4.39. The Hall–Kier alpha value is -0.730. The number of nitrogens with zero attached hydrogens (tertiary/aromatic N) is 1. The van der Waals surface area contributed by atoms with E-state index in [0.29, 0.717) is 0 Å². The minimum absolute atomic E-state index is 0.735. The van der Waals surface area contributed by atoms with Crippen molar-refractivity contribution in [3.8, 4) is 0 Å². The van der Waals surface area contributed by atoms with Gasteiger partial charge in [0.15, 0.2) is 0 Å². The van der Waals surface area contributed by atoms with Crippen LogP contribution >= 0.6 is 11.6 Å². The first-order chi connectivity index (χ1) is 9.17. The molecular formula is C16H27ClN2. The monoisotopic (exact) mass is 282 g/mol. The summed E-state index contributed by atoms with van der Waals surface area (Å²) in [5.41, 5.74) is 2.48. The largest absolute Gasteiger partial charge is 0.370 e. The van der Waals surface area contributed by atoms with Gasteiger partial charge >= 0.3 is 0 Å². The highest BCUT2D eigenvalue weighted by Gasteiger charge is 2.16. The van der Waals surface area contributed by atoms with Gasteiger partial charge in [-0.25, -0.2) is 0 Å². The van der Waals surface area contributed by atoms with Crippen LogP contribution in [0, 0.1) is 5.92 Å². The van der Waals surface area contributed by atoms with Crippen LogP contribution in [0.2, 0.25) is 5.02 Å². The lowest BCUT2D eigenvalue weighted by molar-refractivity contribution is 0.485. The lowest BCUT2D eigenvalue weighted by atomic mass is 10.0. The Bertz CT molecular complexity index is 375. The van der Waals surface area contributed by atoms with Gasteiger partial charge in [-0.05, 0) is 31.5 Å². The van der Waals surface area contributed by atoms with Crippen LogP contribution in [0.5, 0.6) is 0 Å². The van der Waals surface area contributed by atoms with Gasteiger partial charge in [0, 0.05) is 19.6 Å². The predicted octanol–water partition coefficient (Wildman–Crippen LogP) is 4.32. The molecule has 3 heteroatoms. The van der Waals surface area contributed by atoms with Crippen LogP contribution in [-0.2, 0) is 6.54 Å². The van der Waals surface area contributed by atoms with Crippen LogP contribution in [0.4, 0.5) is 5.69 Å². The number of anilines is 1. The highest BCUT2D eigenvalue weighted by molar-refractivity contribution is 6.33. The van der Waals surface area contributed by atoms with Crippen molar-refractivity contribution in [1.82, 2.24) is 5.32 Å². The van der Waals surface area contributed by atoms with Gasteiger partial charge in [0.2, 0.25) is 0 Å². The number of hydrogen-bond donors (Lipinski definition) is 1. The summed E-state index contributed by atoms with van der Waals surface area (Å²) < 4.78 is 0. The first-order valence-corrected chi connectivity index (χ1v) is 7.72. The van der Waals surface area contributed by atoms with Crippen LogP contribution < -0.4 is 10.2 Å². The Kier molecular flexibility index (Phi) is 7.25. The Morgan fingerprint density at radius 2 is 1.89 bits per heavy atom. The molecule has 0 radical (unpaired) electrons. The summed E-state index contributed by atoms with van der Waals surface area (Å²) in [4.78, 5) is 2.42. The Morgan fingerprint density at radius 3 is 2.42 bits per heavy atom. The second kappa shape index (κ2) is 8.44. The van der Waals surface area contributed by atoms with Crippen LogP contribution in [0.25, 0.3) is 0 Å². The molecule has 0 aliphatic carbocycles. The van der Waals surface area contributed by atoms with E-state index in [-0.39, 0.29) is 0 Å². The third-order valence-corrected chi connectivity index (χ3v) is 4.07. The zero-order chi connectivity index (χ0) is 14.3. The highest BCUT2D eigenvalue weighted by atomic mass is 35.5. The minimum atomic E-state index is 0.735. The first kappa shape index (κ1) is 16.3. The predicted molar refractivity (Wildman–Crippen MR) is 86.2 cm³/mol. The number of rotatable bonds is 8. The summed E-state index contributed by atoms with van der Waals surface area (Å²) in [5, 5.41) is 4.09. The van der Waals surface area contributed by atoms with Crippen LogP contribution in [-0.4, -0.2) is 20.1 Å². The smallest absolute Gasteiger partial charge is 0.0642 e. The summed E-state index contributed by atoms with van der Waals surface area (Å²) in [6, 6.07) is 6.18. The summed E-state index contributed by atoms with van der Waals surface area (Å²) in [6.45, 7) is 9.68. The van der Waals surface area contributed by atoms with Gasteiger partial charge < -0.3 is 10.2 Å². The molecule has 1 aromatic rings. The lowest BCUT2D eigenvalue weighted by Gasteiger charge is -2.30. The number of benzene rings is 1. The van der Waals surface area contributed by atoms with E-state index in [2.05, 4.69) is 37.1 Å². The number of halogens is 1. The first-order valence-electron chi connectivity index (χ1n) is 7.34. The van der Waals surface area contributed by atoms with Crippen molar-refractivity contribution < 1.29 is 0 Å². The van der Waals surface area contributed by atoms with Crippen molar-refractivity contribution >= 4 is 17.3 Å². The van der Waals surface area contributed by atoms with E-state index in [1.54, 1.807) is 0 Å². The fraction of sp³-hybridized carbons (Fsp3) is 0.625. The fourth-order valence-corrected chi connectivity index (χ4v) is 2.80. The molecule has 0 spiro atoms. The Morgan fingerprint density at radius 1 is 1.21 bits per heavy atom. The molecule has 0 aliphatic rings. The van der Waals surface area contributed by atoms with Crippen molar-refractivity contribution in [1.29, 1.82) is 0 Å². The average Bonchev–Trinajstić information content (AvgIpc) is 2.42. The molecule has 0 fully saturated rings. The van der Waals surface area contributed by atoms with E-state index in [1.807, 2.05) is 19.2 Å². The minimum Gasteiger partial charge on any atom is -0.370 e. The SMILES string of the molecule is CCC(CC)CN(CC)c1c(Cl)cccc1CNC. The molecule has 1 N–H and O–H groups in total. The van der Waals surface area contributed by atoms with Gasteiger partial charge in [0.25, 0.3) is 0 Å². The maximum atomic E-state index is 6.44. The molecule has 19 heavy (non-hydrogen) atoms. The molecule has 0 unspecified atom stereocenters. The Balaban J connectivity index is 3.02. The second-order valence-corrected chi connectivity index (χ2v) is 5.41. The van der Waals surface area contributed by atoms with Crippen LogP contribution in [0.15, 0.2) is 18.2 Å². The zero-order valence-electron chi connectivity index (χ0n) is 12.7. The molecule has 0 amide bonds. The molecule has 1 aromatic carbocycles. The fourth-order valence-electron chi connectivity index (χ4n) is 2.48. The van der Waals surface area contributed by atoms with E-state index in [9.17, 15) is 0 Å². The summed E-state index contributed by atoms with van der Waals surface area (Å²) in [7, 11) is 1.97. The quantitative estimate of drug-likeness (QED) is 0.764.